The minimum absolute atomic E-state index is 0.271. The van der Waals surface area contributed by atoms with Crippen molar-refractivity contribution in [3.63, 3.8) is 0 Å². The Morgan fingerprint density at radius 2 is 1.97 bits per heavy atom. The Morgan fingerprint density at radius 3 is 2.73 bits per heavy atom. The number of rotatable bonds is 6. The molecule has 2 aromatic heterocycles. The van der Waals surface area contributed by atoms with Gasteiger partial charge in [-0.15, -0.1) is 0 Å². The van der Waals surface area contributed by atoms with Crippen LogP contribution in [-0.2, 0) is 6.54 Å². The largest absolute Gasteiger partial charge is 0.497 e. The lowest BCUT2D eigenvalue weighted by Crippen LogP contribution is -2.13. The molecule has 0 aliphatic rings. The average Bonchev–Trinajstić information content (AvgIpc) is 3.37. The van der Waals surface area contributed by atoms with E-state index in [4.69, 9.17) is 27.9 Å². The van der Waals surface area contributed by atoms with E-state index in [1.54, 1.807) is 24.1 Å². The van der Waals surface area contributed by atoms with Gasteiger partial charge in [-0.3, -0.25) is 14.6 Å². The number of H-pyrrole nitrogens is 1. The molecule has 0 radical (unpaired) electrons. The van der Waals surface area contributed by atoms with Crippen LogP contribution >= 0.6 is 23.2 Å². The number of aromatic nitrogens is 4. The van der Waals surface area contributed by atoms with Gasteiger partial charge in [-0.1, -0.05) is 47.5 Å². The maximum absolute atomic E-state index is 12.6. The van der Waals surface area contributed by atoms with Gasteiger partial charge >= 0.3 is 0 Å². The highest BCUT2D eigenvalue weighted by molar-refractivity contribution is 6.33. The van der Waals surface area contributed by atoms with E-state index < -0.39 is 5.91 Å². The third-order valence-corrected chi connectivity index (χ3v) is 4.92. The Balaban J connectivity index is 1.47. The average molecular weight is 442 g/mol. The molecule has 2 heterocycles. The molecule has 0 fully saturated rings. The second-order valence-corrected chi connectivity index (χ2v) is 7.35. The van der Waals surface area contributed by atoms with Crippen LogP contribution in [0.15, 0.2) is 60.8 Å². The number of anilines is 1. The number of benzene rings is 2. The van der Waals surface area contributed by atoms with E-state index in [0.717, 1.165) is 11.1 Å². The fourth-order valence-corrected chi connectivity index (χ4v) is 3.21. The van der Waals surface area contributed by atoms with Gasteiger partial charge in [0.15, 0.2) is 5.82 Å². The summed E-state index contributed by atoms with van der Waals surface area (Å²) in [5.74, 6) is 0.586. The lowest BCUT2D eigenvalue weighted by molar-refractivity contribution is 0.102. The number of nitrogens with one attached hydrogen (secondary N) is 2. The third-order valence-electron chi connectivity index (χ3n) is 4.39. The molecule has 4 rings (SSSR count). The highest BCUT2D eigenvalue weighted by Crippen LogP contribution is 2.24. The first-order chi connectivity index (χ1) is 14.5. The first-order valence-corrected chi connectivity index (χ1v) is 9.76. The molecule has 9 heteroatoms. The zero-order valence-electron chi connectivity index (χ0n) is 15.9. The third kappa shape index (κ3) is 4.48. The van der Waals surface area contributed by atoms with E-state index in [2.05, 4.69) is 20.6 Å². The van der Waals surface area contributed by atoms with Crippen LogP contribution in [0.4, 0.5) is 5.82 Å². The molecule has 7 nitrogen and oxygen atoms in total. The Bertz CT molecular complexity index is 1180. The summed E-state index contributed by atoms with van der Waals surface area (Å²) in [5.41, 5.74) is 2.75. The number of amides is 1. The normalized spacial score (nSPS) is 10.8. The van der Waals surface area contributed by atoms with E-state index in [-0.39, 0.29) is 11.5 Å². The Hall–Kier alpha value is -3.29. The first-order valence-electron chi connectivity index (χ1n) is 9.00. The molecule has 0 unspecified atom stereocenters. The fraction of sp³-hybridized carbons (Fsp3) is 0.0952. The van der Waals surface area contributed by atoms with Crippen LogP contribution in [0.3, 0.4) is 0 Å². The van der Waals surface area contributed by atoms with Crippen molar-refractivity contribution in [2.45, 2.75) is 6.54 Å². The summed E-state index contributed by atoms with van der Waals surface area (Å²) in [7, 11) is 1.60. The van der Waals surface area contributed by atoms with E-state index in [1.807, 2.05) is 48.5 Å². The predicted molar refractivity (Wildman–Crippen MR) is 116 cm³/mol. The lowest BCUT2D eigenvalue weighted by Gasteiger charge is -2.02. The number of hydrogen-bond donors (Lipinski definition) is 2. The molecule has 1 amide bonds. The predicted octanol–water partition coefficient (Wildman–Crippen LogP) is 4.89. The summed E-state index contributed by atoms with van der Waals surface area (Å²) in [6.07, 6.45) is 1.65. The van der Waals surface area contributed by atoms with Crippen molar-refractivity contribution in [3.8, 4) is 17.0 Å². The molecular formula is C21H17Cl2N5O2. The van der Waals surface area contributed by atoms with Gasteiger partial charge < -0.3 is 10.1 Å². The molecule has 2 aromatic carbocycles. The van der Waals surface area contributed by atoms with Crippen LogP contribution < -0.4 is 10.1 Å². The van der Waals surface area contributed by atoms with Crippen molar-refractivity contribution in [3.05, 3.63) is 82.1 Å². The molecule has 0 aliphatic heterocycles. The number of hydrogen-bond acceptors (Lipinski definition) is 4. The van der Waals surface area contributed by atoms with Gasteiger partial charge in [-0.05, 0) is 35.9 Å². The molecule has 0 spiro atoms. The molecule has 4 aromatic rings. The summed E-state index contributed by atoms with van der Waals surface area (Å²) in [4.78, 5) is 12.6. The molecule has 0 saturated heterocycles. The highest BCUT2D eigenvalue weighted by atomic mass is 35.5. The molecule has 0 atom stereocenters. The van der Waals surface area contributed by atoms with Crippen molar-refractivity contribution in [2.24, 2.45) is 0 Å². The number of ether oxygens (including phenoxy) is 1. The Labute approximate surface area is 182 Å². The number of methoxy groups -OCH3 is 1. The standard InChI is InChI=1S/C21H17Cl2N5O2/c1-30-16-4-2-3-14(9-16)18-10-19(26-25-18)21(29)24-20-17(23)12-28(27-20)11-13-5-7-15(22)8-6-13/h2-10,12H,11H2,1H3,(H,25,26)(H,24,27,29). The lowest BCUT2D eigenvalue weighted by atomic mass is 10.1. The van der Waals surface area contributed by atoms with E-state index in [1.165, 1.54) is 0 Å². The van der Waals surface area contributed by atoms with Gasteiger partial charge in [0.1, 0.15) is 16.5 Å². The molecule has 2 N–H and O–H groups in total. The van der Waals surface area contributed by atoms with E-state index in [9.17, 15) is 4.79 Å². The number of nitrogens with zero attached hydrogens (tertiary/aromatic N) is 3. The number of halogens is 2. The van der Waals surface area contributed by atoms with Crippen molar-refractivity contribution in [2.75, 3.05) is 12.4 Å². The van der Waals surface area contributed by atoms with Crippen LogP contribution in [-0.4, -0.2) is 33.0 Å². The number of carbonyl (C=O) groups is 1. The summed E-state index contributed by atoms with van der Waals surface area (Å²) in [6.45, 7) is 0.497. The van der Waals surface area contributed by atoms with Crippen LogP contribution in [0.5, 0.6) is 5.75 Å². The van der Waals surface area contributed by atoms with Crippen molar-refractivity contribution in [1.29, 1.82) is 0 Å². The van der Waals surface area contributed by atoms with Gasteiger partial charge in [-0.2, -0.15) is 10.2 Å². The SMILES string of the molecule is COc1cccc(-c2cc(C(=O)Nc3nn(Cc4ccc(Cl)cc4)cc3Cl)[nH]n2)c1. The quantitative estimate of drug-likeness (QED) is 0.445. The maximum atomic E-state index is 12.6. The van der Waals surface area contributed by atoms with Crippen molar-refractivity contribution >= 4 is 34.9 Å². The van der Waals surface area contributed by atoms with Crippen molar-refractivity contribution < 1.29 is 9.53 Å². The second kappa shape index (κ2) is 8.61. The molecule has 0 saturated carbocycles. The number of carbonyl (C=O) groups excluding carboxylic acids is 1. The molecule has 0 aliphatic carbocycles. The summed E-state index contributed by atoms with van der Waals surface area (Å²) in [6, 6.07) is 16.5. The van der Waals surface area contributed by atoms with E-state index in [0.29, 0.717) is 28.0 Å². The number of aromatic amines is 1. The van der Waals surface area contributed by atoms with Crippen LogP contribution in [0.25, 0.3) is 11.3 Å². The highest BCUT2D eigenvalue weighted by Gasteiger charge is 2.15. The van der Waals surface area contributed by atoms with Gasteiger partial charge in [0, 0.05) is 16.8 Å². The zero-order chi connectivity index (χ0) is 21.1. The van der Waals surface area contributed by atoms with Crippen molar-refractivity contribution in [1.82, 2.24) is 20.0 Å². The van der Waals surface area contributed by atoms with Gasteiger partial charge in [-0.25, -0.2) is 0 Å². The van der Waals surface area contributed by atoms with Crippen LogP contribution in [0.1, 0.15) is 16.1 Å². The maximum Gasteiger partial charge on any atom is 0.274 e. The molecule has 30 heavy (non-hydrogen) atoms. The summed E-state index contributed by atoms with van der Waals surface area (Å²) >= 11 is 12.2. The van der Waals surface area contributed by atoms with Gasteiger partial charge in [0.25, 0.3) is 5.91 Å². The van der Waals surface area contributed by atoms with Gasteiger partial charge in [0.2, 0.25) is 0 Å². The van der Waals surface area contributed by atoms with Crippen LogP contribution in [0.2, 0.25) is 10.0 Å². The van der Waals surface area contributed by atoms with Gasteiger partial charge in [0.05, 0.1) is 19.3 Å². The minimum atomic E-state index is -0.393. The molecule has 152 valence electrons. The monoisotopic (exact) mass is 441 g/mol. The summed E-state index contributed by atoms with van der Waals surface area (Å²) < 4.78 is 6.87. The Kier molecular flexibility index (Phi) is 5.74. The topological polar surface area (TPSA) is 84.8 Å². The first kappa shape index (κ1) is 20.0. The molecular weight excluding hydrogens is 425 g/mol. The zero-order valence-corrected chi connectivity index (χ0v) is 17.4. The summed E-state index contributed by atoms with van der Waals surface area (Å²) in [5, 5.41) is 15.0. The van der Waals surface area contributed by atoms with Crippen LogP contribution in [0, 0.1) is 0 Å². The molecule has 0 bridgehead atoms. The minimum Gasteiger partial charge on any atom is -0.497 e. The van der Waals surface area contributed by atoms with E-state index >= 15 is 0 Å². The smallest absolute Gasteiger partial charge is 0.274 e. The second-order valence-electron chi connectivity index (χ2n) is 6.50. The fourth-order valence-electron chi connectivity index (χ4n) is 2.88. The Morgan fingerprint density at radius 1 is 1.17 bits per heavy atom.